The molecule has 0 aliphatic rings. The summed E-state index contributed by atoms with van der Waals surface area (Å²) < 4.78 is 13.3. The fourth-order valence-electron chi connectivity index (χ4n) is 2.66. The van der Waals surface area contributed by atoms with Crippen molar-refractivity contribution in [2.24, 2.45) is 0 Å². The van der Waals surface area contributed by atoms with Gasteiger partial charge >= 0.3 is 0 Å². The SMILES string of the molecule is C[C@H](c1nc2ccccc2c(=O)[nH]1)[NH+](C)Cc1cccc(F)c1. The van der Waals surface area contributed by atoms with Crippen molar-refractivity contribution in [2.45, 2.75) is 19.5 Å². The fraction of sp³-hybridized carbons (Fsp3) is 0.222. The summed E-state index contributed by atoms with van der Waals surface area (Å²) in [5, 5.41) is 0.589. The third-order valence-corrected chi connectivity index (χ3v) is 4.15. The molecule has 23 heavy (non-hydrogen) atoms. The molecule has 0 bridgehead atoms. The lowest BCUT2D eigenvalue weighted by molar-refractivity contribution is -0.924. The molecule has 118 valence electrons. The van der Waals surface area contributed by atoms with Gasteiger partial charge in [-0.15, -0.1) is 0 Å². The monoisotopic (exact) mass is 312 g/mol. The second kappa shape index (κ2) is 6.30. The van der Waals surface area contributed by atoms with E-state index in [9.17, 15) is 9.18 Å². The highest BCUT2D eigenvalue weighted by Crippen LogP contribution is 2.09. The molecule has 3 rings (SSSR count). The number of halogens is 1. The number of aromatic amines is 1. The highest BCUT2D eigenvalue weighted by molar-refractivity contribution is 5.77. The highest BCUT2D eigenvalue weighted by Gasteiger charge is 2.19. The molecule has 5 heteroatoms. The average molecular weight is 312 g/mol. The summed E-state index contributed by atoms with van der Waals surface area (Å²) in [4.78, 5) is 20.7. The number of nitrogens with zero attached hydrogens (tertiary/aromatic N) is 1. The second-order valence-corrected chi connectivity index (χ2v) is 5.84. The fourth-order valence-corrected chi connectivity index (χ4v) is 2.66. The minimum absolute atomic E-state index is 0.0180. The van der Waals surface area contributed by atoms with Gasteiger partial charge in [-0.2, -0.15) is 0 Å². The number of hydrogen-bond donors (Lipinski definition) is 2. The van der Waals surface area contributed by atoms with Gasteiger partial charge in [-0.05, 0) is 31.2 Å². The molecule has 4 nitrogen and oxygen atoms in total. The van der Waals surface area contributed by atoms with E-state index >= 15 is 0 Å². The summed E-state index contributed by atoms with van der Waals surface area (Å²) in [5.41, 5.74) is 1.48. The normalized spacial score (nSPS) is 13.9. The van der Waals surface area contributed by atoms with Crippen LogP contribution in [0.2, 0.25) is 0 Å². The van der Waals surface area contributed by atoms with Gasteiger partial charge in [0, 0.05) is 5.56 Å². The third-order valence-electron chi connectivity index (χ3n) is 4.15. The molecular weight excluding hydrogens is 293 g/mol. The molecule has 1 heterocycles. The first kappa shape index (κ1) is 15.4. The molecule has 2 aromatic carbocycles. The number of benzene rings is 2. The number of nitrogens with one attached hydrogen (secondary N) is 2. The number of fused-ring (bicyclic) bond motifs is 1. The van der Waals surface area contributed by atoms with Crippen molar-refractivity contribution in [1.82, 2.24) is 9.97 Å². The molecule has 0 saturated carbocycles. The van der Waals surface area contributed by atoms with E-state index in [1.165, 1.54) is 12.1 Å². The number of H-pyrrole nitrogens is 1. The maximum Gasteiger partial charge on any atom is 0.258 e. The van der Waals surface area contributed by atoms with Crippen LogP contribution in [-0.4, -0.2) is 17.0 Å². The number of quaternary nitrogens is 1. The van der Waals surface area contributed by atoms with Gasteiger partial charge in [0.15, 0.2) is 5.82 Å². The number of hydrogen-bond acceptors (Lipinski definition) is 2. The van der Waals surface area contributed by atoms with E-state index < -0.39 is 0 Å². The van der Waals surface area contributed by atoms with E-state index in [2.05, 4.69) is 9.97 Å². The first-order valence-corrected chi connectivity index (χ1v) is 7.60. The van der Waals surface area contributed by atoms with Gasteiger partial charge in [-0.25, -0.2) is 9.37 Å². The molecule has 0 saturated heterocycles. The smallest absolute Gasteiger partial charge is 0.258 e. The van der Waals surface area contributed by atoms with Crippen molar-refractivity contribution in [3.05, 3.63) is 76.1 Å². The Morgan fingerprint density at radius 1 is 1.22 bits per heavy atom. The molecule has 0 spiro atoms. The van der Waals surface area contributed by atoms with Crippen molar-refractivity contribution in [1.29, 1.82) is 0 Å². The zero-order chi connectivity index (χ0) is 16.4. The third kappa shape index (κ3) is 3.29. The first-order chi connectivity index (χ1) is 11.0. The Kier molecular flexibility index (Phi) is 4.21. The van der Waals surface area contributed by atoms with E-state index in [1.54, 1.807) is 12.1 Å². The lowest BCUT2D eigenvalue weighted by atomic mass is 10.1. The highest BCUT2D eigenvalue weighted by atomic mass is 19.1. The second-order valence-electron chi connectivity index (χ2n) is 5.84. The summed E-state index contributed by atoms with van der Waals surface area (Å²) >= 11 is 0. The Labute approximate surface area is 133 Å². The van der Waals surface area contributed by atoms with Crippen LogP contribution >= 0.6 is 0 Å². The van der Waals surface area contributed by atoms with E-state index in [0.29, 0.717) is 23.3 Å². The summed E-state index contributed by atoms with van der Waals surface area (Å²) in [6.07, 6.45) is 0. The maximum atomic E-state index is 13.3. The quantitative estimate of drug-likeness (QED) is 0.772. The lowest BCUT2D eigenvalue weighted by Gasteiger charge is -2.21. The molecular formula is C18H19FN3O+. The molecule has 0 aliphatic carbocycles. The van der Waals surface area contributed by atoms with Crippen LogP contribution in [0.25, 0.3) is 10.9 Å². The van der Waals surface area contributed by atoms with Gasteiger partial charge < -0.3 is 9.88 Å². The molecule has 0 amide bonds. The Balaban J connectivity index is 1.87. The van der Waals surface area contributed by atoms with Gasteiger partial charge in [0.25, 0.3) is 5.56 Å². The summed E-state index contributed by atoms with van der Waals surface area (Å²) in [5.74, 6) is 0.405. The largest absolute Gasteiger partial charge is 0.325 e. The standard InChI is InChI=1S/C18H18FN3O/c1-12(22(2)11-13-6-5-7-14(19)10-13)17-20-16-9-4-3-8-15(16)18(23)21-17/h3-10,12H,11H2,1-2H3,(H,20,21,23)/p+1/t12-/m1/s1. The van der Waals surface area contributed by atoms with Crippen LogP contribution in [-0.2, 0) is 6.54 Å². The summed E-state index contributed by atoms with van der Waals surface area (Å²) in [7, 11) is 2.00. The van der Waals surface area contributed by atoms with Crippen molar-refractivity contribution >= 4 is 10.9 Å². The molecule has 3 aromatic rings. The van der Waals surface area contributed by atoms with E-state index in [1.807, 2.05) is 38.2 Å². The van der Waals surface area contributed by atoms with E-state index in [-0.39, 0.29) is 17.4 Å². The van der Waals surface area contributed by atoms with Gasteiger partial charge in [0.2, 0.25) is 0 Å². The van der Waals surface area contributed by atoms with Crippen LogP contribution in [0, 0.1) is 5.82 Å². The Morgan fingerprint density at radius 3 is 2.78 bits per heavy atom. The molecule has 2 atom stereocenters. The van der Waals surface area contributed by atoms with Gasteiger partial charge in [0.1, 0.15) is 18.4 Å². The number of rotatable bonds is 4. The minimum Gasteiger partial charge on any atom is -0.325 e. The van der Waals surface area contributed by atoms with Crippen LogP contribution in [0.5, 0.6) is 0 Å². The number of aromatic nitrogens is 2. The minimum atomic E-state index is -0.236. The molecule has 2 N–H and O–H groups in total. The summed E-state index contributed by atoms with van der Waals surface area (Å²) in [6, 6.07) is 13.8. The molecule has 0 radical (unpaired) electrons. The molecule has 0 fully saturated rings. The Morgan fingerprint density at radius 2 is 2.00 bits per heavy atom. The predicted molar refractivity (Wildman–Crippen MR) is 87.8 cm³/mol. The first-order valence-electron chi connectivity index (χ1n) is 7.60. The van der Waals surface area contributed by atoms with Gasteiger partial charge in [-0.3, -0.25) is 4.79 Å². The average Bonchev–Trinajstić information content (AvgIpc) is 2.54. The van der Waals surface area contributed by atoms with Crippen LogP contribution in [0.1, 0.15) is 24.4 Å². The van der Waals surface area contributed by atoms with Crippen molar-refractivity contribution in [3.63, 3.8) is 0 Å². The predicted octanol–water partition coefficient (Wildman–Crippen LogP) is 1.84. The van der Waals surface area contributed by atoms with Crippen LogP contribution in [0.15, 0.2) is 53.3 Å². The van der Waals surface area contributed by atoms with Crippen molar-refractivity contribution in [3.8, 4) is 0 Å². The Bertz CT molecular complexity index is 891. The molecule has 1 unspecified atom stereocenters. The van der Waals surface area contributed by atoms with Crippen LogP contribution in [0.4, 0.5) is 4.39 Å². The van der Waals surface area contributed by atoms with Gasteiger partial charge in [-0.1, -0.05) is 24.3 Å². The lowest BCUT2D eigenvalue weighted by Crippen LogP contribution is -3.07. The zero-order valence-electron chi connectivity index (χ0n) is 13.1. The zero-order valence-corrected chi connectivity index (χ0v) is 13.1. The van der Waals surface area contributed by atoms with E-state index in [4.69, 9.17) is 0 Å². The molecule has 1 aromatic heterocycles. The summed E-state index contributed by atoms with van der Waals surface area (Å²) in [6.45, 7) is 2.65. The topological polar surface area (TPSA) is 50.2 Å². The molecule has 0 aliphatic heterocycles. The maximum absolute atomic E-state index is 13.3. The van der Waals surface area contributed by atoms with E-state index in [0.717, 1.165) is 10.5 Å². The van der Waals surface area contributed by atoms with Crippen LogP contribution in [0.3, 0.4) is 0 Å². The van der Waals surface area contributed by atoms with Crippen molar-refractivity contribution < 1.29 is 9.29 Å². The van der Waals surface area contributed by atoms with Crippen LogP contribution < -0.4 is 10.5 Å². The Hall–Kier alpha value is -2.53. The van der Waals surface area contributed by atoms with Gasteiger partial charge in [0.05, 0.1) is 18.0 Å². The van der Waals surface area contributed by atoms with Crippen molar-refractivity contribution in [2.75, 3.05) is 7.05 Å². The number of para-hydroxylation sites is 1.